The van der Waals surface area contributed by atoms with Crippen LogP contribution in [0.2, 0.25) is 0 Å². The molecule has 1 saturated heterocycles. The number of piperidine rings is 1. The molecule has 1 fully saturated rings. The first-order chi connectivity index (χ1) is 15.6. The van der Waals surface area contributed by atoms with Crippen LogP contribution in [0.4, 0.5) is 20.2 Å². The average molecular weight is 432 g/mol. The monoisotopic (exact) mass is 432 g/mol. The molecule has 32 heavy (non-hydrogen) atoms. The molecule has 0 spiro atoms. The van der Waals surface area contributed by atoms with Gasteiger partial charge in [0.05, 0.1) is 35.5 Å². The average Bonchev–Trinajstić information content (AvgIpc) is 3.25. The van der Waals surface area contributed by atoms with Crippen LogP contribution in [0.5, 0.6) is 0 Å². The Kier molecular flexibility index (Phi) is 5.26. The zero-order valence-corrected chi connectivity index (χ0v) is 17.4. The molecular weight excluding hydrogens is 410 g/mol. The van der Waals surface area contributed by atoms with Crippen molar-refractivity contribution in [3.63, 3.8) is 0 Å². The number of hydrogen-bond acceptors (Lipinski definition) is 5. The third-order valence-electron chi connectivity index (χ3n) is 5.76. The summed E-state index contributed by atoms with van der Waals surface area (Å²) in [6.07, 6.45) is 9.30. The van der Waals surface area contributed by atoms with Crippen molar-refractivity contribution in [2.24, 2.45) is 0 Å². The lowest BCUT2D eigenvalue weighted by molar-refractivity contribution is 0.577. The fourth-order valence-corrected chi connectivity index (χ4v) is 4.08. The first-order valence-corrected chi connectivity index (χ1v) is 10.5. The van der Waals surface area contributed by atoms with E-state index in [9.17, 15) is 8.78 Å². The number of nitrogens with one attached hydrogen (secondary N) is 2. The van der Waals surface area contributed by atoms with Gasteiger partial charge in [-0.3, -0.25) is 15.1 Å². The third-order valence-corrected chi connectivity index (χ3v) is 5.76. The molecule has 1 aromatic carbocycles. The van der Waals surface area contributed by atoms with E-state index >= 15 is 0 Å². The summed E-state index contributed by atoms with van der Waals surface area (Å²) in [5.41, 5.74) is 4.32. The topological polar surface area (TPSA) is 69.7 Å². The van der Waals surface area contributed by atoms with Crippen LogP contribution in [0.3, 0.4) is 0 Å². The van der Waals surface area contributed by atoms with Crippen molar-refractivity contribution in [3.8, 4) is 11.1 Å². The molecule has 3 aromatic heterocycles. The first kappa shape index (κ1) is 20.1. The zero-order valence-electron chi connectivity index (χ0n) is 17.4. The lowest BCUT2D eigenvalue weighted by Gasteiger charge is -2.28. The van der Waals surface area contributed by atoms with Crippen molar-refractivity contribution in [2.45, 2.75) is 19.3 Å². The van der Waals surface area contributed by atoms with Crippen LogP contribution in [0, 0.1) is 11.6 Å². The molecule has 0 atom stereocenters. The maximum atomic E-state index is 14.0. The molecule has 0 bridgehead atoms. The molecular formula is C24H22F2N6. The first-order valence-electron chi connectivity index (χ1n) is 10.5. The van der Waals surface area contributed by atoms with Gasteiger partial charge in [0, 0.05) is 30.2 Å². The van der Waals surface area contributed by atoms with Gasteiger partial charge in [0.15, 0.2) is 11.6 Å². The Balaban J connectivity index is 1.47. The number of halogens is 2. The van der Waals surface area contributed by atoms with Gasteiger partial charge in [-0.05, 0) is 43.0 Å². The van der Waals surface area contributed by atoms with Crippen molar-refractivity contribution in [1.82, 2.24) is 20.2 Å². The van der Waals surface area contributed by atoms with Gasteiger partial charge in [-0.25, -0.2) is 8.78 Å². The van der Waals surface area contributed by atoms with E-state index in [4.69, 9.17) is 0 Å². The fraction of sp³-hybridized carbons (Fsp3) is 0.208. The molecule has 0 radical (unpaired) electrons. The SMILES string of the molecule is C=C(Nc1c(F)cncc1F)c1n[nH]c2ccc(-c3cncc(N4CCCCC4)c3)cc12. The Labute approximate surface area is 184 Å². The number of aromatic amines is 1. The Bertz CT molecular complexity index is 1270. The predicted molar refractivity (Wildman–Crippen MR) is 122 cm³/mol. The van der Waals surface area contributed by atoms with E-state index < -0.39 is 11.6 Å². The molecule has 8 heteroatoms. The van der Waals surface area contributed by atoms with Gasteiger partial charge >= 0.3 is 0 Å². The predicted octanol–water partition coefficient (Wildman–Crippen LogP) is 5.37. The molecule has 6 nitrogen and oxygen atoms in total. The number of anilines is 2. The summed E-state index contributed by atoms with van der Waals surface area (Å²) in [6.45, 7) is 6.03. The van der Waals surface area contributed by atoms with Crippen molar-refractivity contribution in [3.05, 3.63) is 73.0 Å². The van der Waals surface area contributed by atoms with E-state index in [0.29, 0.717) is 5.69 Å². The van der Waals surface area contributed by atoms with Crippen molar-refractivity contribution >= 4 is 28.0 Å². The van der Waals surface area contributed by atoms with Crippen LogP contribution in [-0.2, 0) is 0 Å². The second-order valence-electron chi connectivity index (χ2n) is 7.89. The van der Waals surface area contributed by atoms with Gasteiger partial charge in [0.1, 0.15) is 11.4 Å². The summed E-state index contributed by atoms with van der Waals surface area (Å²) in [5.74, 6) is -1.60. The van der Waals surface area contributed by atoms with Gasteiger partial charge in [-0.15, -0.1) is 0 Å². The summed E-state index contributed by atoms with van der Waals surface area (Å²) >= 11 is 0. The van der Waals surface area contributed by atoms with E-state index in [-0.39, 0.29) is 11.4 Å². The maximum Gasteiger partial charge on any atom is 0.167 e. The summed E-state index contributed by atoms with van der Waals surface area (Å²) in [5, 5.41) is 10.7. The fourth-order valence-electron chi connectivity index (χ4n) is 4.08. The number of aromatic nitrogens is 4. The summed E-state index contributed by atoms with van der Waals surface area (Å²) < 4.78 is 28.0. The van der Waals surface area contributed by atoms with Gasteiger partial charge in [0.2, 0.25) is 0 Å². The maximum absolute atomic E-state index is 14.0. The molecule has 0 amide bonds. The highest BCUT2D eigenvalue weighted by molar-refractivity contribution is 5.95. The number of hydrogen-bond donors (Lipinski definition) is 2. The van der Waals surface area contributed by atoms with Gasteiger partial charge in [0.25, 0.3) is 0 Å². The van der Waals surface area contributed by atoms with Crippen molar-refractivity contribution in [2.75, 3.05) is 23.3 Å². The Morgan fingerprint density at radius 3 is 2.47 bits per heavy atom. The molecule has 2 N–H and O–H groups in total. The lowest BCUT2D eigenvalue weighted by Crippen LogP contribution is -2.29. The minimum atomic E-state index is -0.799. The molecule has 162 valence electrons. The van der Waals surface area contributed by atoms with Crippen LogP contribution < -0.4 is 10.2 Å². The normalized spacial score (nSPS) is 14.0. The van der Waals surface area contributed by atoms with E-state index in [1.807, 2.05) is 30.6 Å². The molecule has 1 aliphatic rings. The highest BCUT2D eigenvalue weighted by Crippen LogP contribution is 2.31. The van der Waals surface area contributed by atoms with Gasteiger partial charge in [-0.2, -0.15) is 5.10 Å². The second kappa shape index (κ2) is 8.37. The summed E-state index contributed by atoms with van der Waals surface area (Å²) in [7, 11) is 0. The van der Waals surface area contributed by atoms with Crippen molar-refractivity contribution < 1.29 is 8.78 Å². The number of rotatable bonds is 5. The quantitative estimate of drug-likeness (QED) is 0.444. The summed E-state index contributed by atoms with van der Waals surface area (Å²) in [6, 6.07) is 8.06. The molecule has 5 rings (SSSR count). The smallest absolute Gasteiger partial charge is 0.167 e. The van der Waals surface area contributed by atoms with E-state index in [2.05, 4.69) is 43.0 Å². The number of nitrogens with zero attached hydrogens (tertiary/aromatic N) is 4. The third kappa shape index (κ3) is 3.79. The number of fused-ring (bicyclic) bond motifs is 1. The molecule has 1 aliphatic heterocycles. The molecule has 0 unspecified atom stereocenters. The van der Waals surface area contributed by atoms with Crippen LogP contribution in [-0.4, -0.2) is 33.3 Å². The van der Waals surface area contributed by atoms with E-state index in [1.165, 1.54) is 19.3 Å². The van der Waals surface area contributed by atoms with Gasteiger partial charge in [-0.1, -0.05) is 12.6 Å². The van der Waals surface area contributed by atoms with E-state index in [0.717, 1.165) is 53.2 Å². The number of H-pyrrole nitrogens is 1. The molecule has 4 heterocycles. The van der Waals surface area contributed by atoms with Crippen LogP contribution in [0.15, 0.2) is 55.6 Å². The number of pyridine rings is 2. The lowest BCUT2D eigenvalue weighted by atomic mass is 10.0. The zero-order chi connectivity index (χ0) is 22.1. The number of benzene rings is 1. The molecule has 0 saturated carbocycles. The standard InChI is InChI=1S/C24H22F2N6/c1-15(29-24-20(25)13-28-14-21(24)26)23-19-10-16(5-6-22(19)30-31-23)17-9-18(12-27-11-17)32-7-3-2-4-8-32/h5-6,9-14H,1-4,7-8H2,(H,28,29)(H,30,31). The van der Waals surface area contributed by atoms with Crippen LogP contribution in [0.25, 0.3) is 27.7 Å². The van der Waals surface area contributed by atoms with Crippen molar-refractivity contribution in [1.29, 1.82) is 0 Å². The minimum absolute atomic E-state index is 0.276. The van der Waals surface area contributed by atoms with Crippen LogP contribution in [0.1, 0.15) is 25.0 Å². The second-order valence-corrected chi connectivity index (χ2v) is 7.89. The Morgan fingerprint density at radius 1 is 0.938 bits per heavy atom. The van der Waals surface area contributed by atoms with Gasteiger partial charge < -0.3 is 10.2 Å². The Hall–Kier alpha value is -3.81. The van der Waals surface area contributed by atoms with Crippen LogP contribution >= 0.6 is 0 Å². The minimum Gasteiger partial charge on any atom is -0.370 e. The highest BCUT2D eigenvalue weighted by Gasteiger charge is 2.16. The Morgan fingerprint density at radius 2 is 1.69 bits per heavy atom. The molecule has 4 aromatic rings. The summed E-state index contributed by atoms with van der Waals surface area (Å²) in [4.78, 5) is 10.3. The largest absolute Gasteiger partial charge is 0.370 e. The highest BCUT2D eigenvalue weighted by atomic mass is 19.1. The van der Waals surface area contributed by atoms with E-state index in [1.54, 1.807) is 0 Å². The molecule has 0 aliphatic carbocycles.